The molecule has 0 unspecified atom stereocenters. The first-order valence-electron chi connectivity index (χ1n) is 5.03. The molecule has 1 amide bonds. The third kappa shape index (κ3) is 2.33. The lowest BCUT2D eigenvalue weighted by Crippen LogP contribution is -2.33. The number of ether oxygens (including phenoxy) is 1. The minimum Gasteiger partial charge on any atom is -0.380 e. The molecule has 6 heteroatoms. The Labute approximate surface area is 87.6 Å². The van der Waals surface area contributed by atoms with Crippen molar-refractivity contribution in [1.82, 2.24) is 20.1 Å². The van der Waals surface area contributed by atoms with Crippen LogP contribution in [-0.2, 0) is 4.74 Å². The van der Waals surface area contributed by atoms with Crippen LogP contribution < -0.4 is 0 Å². The Morgan fingerprint density at radius 3 is 3.07 bits per heavy atom. The molecule has 82 valence electrons. The van der Waals surface area contributed by atoms with Crippen molar-refractivity contribution in [3.8, 4) is 0 Å². The van der Waals surface area contributed by atoms with Gasteiger partial charge in [-0.2, -0.15) is 0 Å². The number of carbonyl (C=O) groups excluding carboxylic acids is 1. The zero-order valence-corrected chi connectivity index (χ0v) is 8.69. The number of rotatable bonds is 1. The van der Waals surface area contributed by atoms with Crippen molar-refractivity contribution < 1.29 is 9.53 Å². The van der Waals surface area contributed by atoms with Crippen molar-refractivity contribution in [2.24, 2.45) is 0 Å². The van der Waals surface area contributed by atoms with E-state index in [1.807, 2.05) is 0 Å². The SMILES string of the molecule is Cc1nc(C(=O)N2CCCOCC2)n[nH]1. The van der Waals surface area contributed by atoms with Crippen molar-refractivity contribution in [3.05, 3.63) is 11.6 Å². The Balaban J connectivity index is 2.06. The number of hydrogen-bond donors (Lipinski definition) is 1. The van der Waals surface area contributed by atoms with Gasteiger partial charge < -0.3 is 9.64 Å². The van der Waals surface area contributed by atoms with Crippen LogP contribution >= 0.6 is 0 Å². The average molecular weight is 210 g/mol. The topological polar surface area (TPSA) is 71.1 Å². The van der Waals surface area contributed by atoms with E-state index in [1.54, 1.807) is 11.8 Å². The standard InChI is InChI=1S/C9H14N4O2/c1-7-10-8(12-11-7)9(14)13-3-2-5-15-6-4-13/h2-6H2,1H3,(H,10,11,12). The second kappa shape index (κ2) is 4.39. The second-order valence-corrected chi connectivity index (χ2v) is 3.50. The number of carbonyl (C=O) groups is 1. The van der Waals surface area contributed by atoms with Crippen LogP contribution in [0.2, 0.25) is 0 Å². The van der Waals surface area contributed by atoms with E-state index in [0.717, 1.165) is 13.0 Å². The summed E-state index contributed by atoms with van der Waals surface area (Å²) in [6.07, 6.45) is 0.870. The van der Waals surface area contributed by atoms with Gasteiger partial charge in [-0.25, -0.2) is 4.98 Å². The van der Waals surface area contributed by atoms with Gasteiger partial charge >= 0.3 is 0 Å². The van der Waals surface area contributed by atoms with E-state index in [9.17, 15) is 4.79 Å². The fourth-order valence-corrected chi connectivity index (χ4v) is 1.53. The lowest BCUT2D eigenvalue weighted by molar-refractivity contribution is 0.0729. The van der Waals surface area contributed by atoms with E-state index in [4.69, 9.17) is 4.74 Å². The molecule has 0 aromatic carbocycles. The molecule has 1 fully saturated rings. The van der Waals surface area contributed by atoms with Crippen LogP contribution in [0.4, 0.5) is 0 Å². The van der Waals surface area contributed by atoms with Crippen LogP contribution in [0.15, 0.2) is 0 Å². The molecule has 1 aliphatic rings. The van der Waals surface area contributed by atoms with Gasteiger partial charge in [0.05, 0.1) is 6.61 Å². The highest BCUT2D eigenvalue weighted by Gasteiger charge is 2.20. The molecular weight excluding hydrogens is 196 g/mol. The number of aromatic nitrogens is 3. The van der Waals surface area contributed by atoms with Crippen LogP contribution in [0, 0.1) is 6.92 Å². The molecule has 2 rings (SSSR count). The molecule has 1 N–H and O–H groups in total. The summed E-state index contributed by atoms with van der Waals surface area (Å²) >= 11 is 0. The van der Waals surface area contributed by atoms with Gasteiger partial charge in [-0.05, 0) is 13.3 Å². The van der Waals surface area contributed by atoms with Gasteiger partial charge in [0.2, 0.25) is 5.82 Å². The molecule has 15 heavy (non-hydrogen) atoms. The molecule has 1 aliphatic heterocycles. The van der Waals surface area contributed by atoms with Crippen molar-refractivity contribution >= 4 is 5.91 Å². The van der Waals surface area contributed by atoms with Gasteiger partial charge in [0, 0.05) is 19.7 Å². The van der Waals surface area contributed by atoms with Crippen LogP contribution in [0.3, 0.4) is 0 Å². The smallest absolute Gasteiger partial charge is 0.293 e. The maximum absolute atomic E-state index is 11.9. The molecule has 6 nitrogen and oxygen atoms in total. The summed E-state index contributed by atoms with van der Waals surface area (Å²) in [6, 6.07) is 0. The number of nitrogens with one attached hydrogen (secondary N) is 1. The van der Waals surface area contributed by atoms with Gasteiger partial charge in [0.1, 0.15) is 5.82 Å². The molecule has 1 aromatic heterocycles. The van der Waals surface area contributed by atoms with E-state index in [-0.39, 0.29) is 11.7 Å². The van der Waals surface area contributed by atoms with E-state index in [1.165, 1.54) is 0 Å². The van der Waals surface area contributed by atoms with Crippen molar-refractivity contribution in [2.45, 2.75) is 13.3 Å². The molecule has 0 radical (unpaired) electrons. The Bertz CT molecular complexity index is 342. The van der Waals surface area contributed by atoms with Gasteiger partial charge in [-0.1, -0.05) is 0 Å². The minimum atomic E-state index is -0.121. The van der Waals surface area contributed by atoms with E-state index in [0.29, 0.717) is 25.5 Å². The summed E-state index contributed by atoms with van der Waals surface area (Å²) in [6.45, 7) is 4.42. The third-order valence-electron chi connectivity index (χ3n) is 2.30. The van der Waals surface area contributed by atoms with Crippen molar-refractivity contribution in [3.63, 3.8) is 0 Å². The summed E-state index contributed by atoms with van der Waals surface area (Å²) in [5, 5.41) is 6.52. The van der Waals surface area contributed by atoms with Crippen LogP contribution in [0.5, 0.6) is 0 Å². The largest absolute Gasteiger partial charge is 0.380 e. The number of nitrogens with zero attached hydrogens (tertiary/aromatic N) is 3. The zero-order valence-electron chi connectivity index (χ0n) is 8.69. The lowest BCUT2D eigenvalue weighted by Gasteiger charge is -2.17. The van der Waals surface area contributed by atoms with Crippen molar-refractivity contribution in [1.29, 1.82) is 0 Å². The fraction of sp³-hybridized carbons (Fsp3) is 0.667. The van der Waals surface area contributed by atoms with Gasteiger partial charge in [0.15, 0.2) is 0 Å². The molecule has 1 saturated heterocycles. The zero-order chi connectivity index (χ0) is 10.7. The Hall–Kier alpha value is -1.43. The molecular formula is C9H14N4O2. The highest BCUT2D eigenvalue weighted by molar-refractivity contribution is 5.90. The number of H-pyrrole nitrogens is 1. The van der Waals surface area contributed by atoms with Crippen LogP contribution in [0.25, 0.3) is 0 Å². The van der Waals surface area contributed by atoms with E-state index < -0.39 is 0 Å². The number of aryl methyl sites for hydroxylation is 1. The van der Waals surface area contributed by atoms with Crippen molar-refractivity contribution in [2.75, 3.05) is 26.3 Å². The predicted octanol–water partition coefficient (Wildman–Crippen LogP) is -0.0244. The molecule has 0 atom stereocenters. The lowest BCUT2D eigenvalue weighted by atomic mass is 10.4. The molecule has 0 spiro atoms. The summed E-state index contributed by atoms with van der Waals surface area (Å²) in [5.74, 6) is 0.781. The fourth-order valence-electron chi connectivity index (χ4n) is 1.53. The van der Waals surface area contributed by atoms with E-state index in [2.05, 4.69) is 15.2 Å². The number of hydrogen-bond acceptors (Lipinski definition) is 4. The number of amides is 1. The Kier molecular flexibility index (Phi) is 2.96. The monoisotopic (exact) mass is 210 g/mol. The first-order chi connectivity index (χ1) is 7.27. The predicted molar refractivity (Wildman–Crippen MR) is 52.5 cm³/mol. The third-order valence-corrected chi connectivity index (χ3v) is 2.30. The highest BCUT2D eigenvalue weighted by Crippen LogP contribution is 2.04. The van der Waals surface area contributed by atoms with Gasteiger partial charge in [0.25, 0.3) is 5.91 Å². The molecule has 0 bridgehead atoms. The summed E-state index contributed by atoms with van der Waals surface area (Å²) in [4.78, 5) is 17.6. The number of aromatic amines is 1. The quantitative estimate of drug-likeness (QED) is 0.707. The molecule has 1 aromatic rings. The average Bonchev–Trinajstić information content (AvgIpc) is 2.53. The first kappa shape index (κ1) is 10.1. The Morgan fingerprint density at radius 1 is 1.47 bits per heavy atom. The molecule has 0 aliphatic carbocycles. The second-order valence-electron chi connectivity index (χ2n) is 3.50. The summed E-state index contributed by atoms with van der Waals surface area (Å²) < 4.78 is 5.27. The Morgan fingerprint density at radius 2 is 2.33 bits per heavy atom. The van der Waals surface area contributed by atoms with Crippen LogP contribution in [-0.4, -0.2) is 52.3 Å². The normalized spacial score (nSPS) is 17.5. The van der Waals surface area contributed by atoms with Gasteiger partial charge in [-0.3, -0.25) is 9.89 Å². The van der Waals surface area contributed by atoms with Crippen LogP contribution in [0.1, 0.15) is 22.9 Å². The molecule has 2 heterocycles. The molecule has 0 saturated carbocycles. The first-order valence-corrected chi connectivity index (χ1v) is 5.03. The maximum Gasteiger partial charge on any atom is 0.293 e. The van der Waals surface area contributed by atoms with E-state index >= 15 is 0 Å². The summed E-state index contributed by atoms with van der Waals surface area (Å²) in [5.41, 5.74) is 0. The maximum atomic E-state index is 11.9. The van der Waals surface area contributed by atoms with Gasteiger partial charge in [-0.15, -0.1) is 5.10 Å². The highest BCUT2D eigenvalue weighted by atomic mass is 16.5. The summed E-state index contributed by atoms with van der Waals surface area (Å²) in [7, 11) is 0. The minimum absolute atomic E-state index is 0.121.